The highest BCUT2D eigenvalue weighted by atomic mass is 16.5. The van der Waals surface area contributed by atoms with E-state index >= 15 is 0 Å². The third-order valence-electron chi connectivity index (χ3n) is 4.19. The monoisotopic (exact) mass is 322 g/mol. The molecule has 128 valence electrons. The molecule has 1 amide bonds. The quantitative estimate of drug-likeness (QED) is 0.727. The van der Waals surface area contributed by atoms with Gasteiger partial charge in [0.05, 0.1) is 12.7 Å². The fourth-order valence-corrected chi connectivity index (χ4v) is 2.94. The van der Waals surface area contributed by atoms with Gasteiger partial charge in [-0.25, -0.2) is 4.79 Å². The number of aliphatic hydroxyl groups excluding tert-OH is 2. The van der Waals surface area contributed by atoms with Crippen molar-refractivity contribution in [3.05, 3.63) is 35.9 Å². The number of aliphatic hydroxyl groups is 2. The minimum absolute atomic E-state index is 0.0672. The van der Waals surface area contributed by atoms with Crippen molar-refractivity contribution in [3.63, 3.8) is 0 Å². The van der Waals surface area contributed by atoms with Gasteiger partial charge in [0.25, 0.3) is 0 Å². The third kappa shape index (κ3) is 5.82. The standard InChI is InChI=1S/C17H26N2O4/c1-13(21)15-9-16(11-19(10-15)7-8-20)18-17(22)23-12-14-5-3-2-4-6-14/h2-6,13,15-16,20-21H,7-12H2,1H3,(H,18,22). The van der Waals surface area contributed by atoms with E-state index in [1.165, 1.54) is 0 Å². The first-order chi connectivity index (χ1) is 11.1. The molecular weight excluding hydrogens is 296 g/mol. The first-order valence-corrected chi connectivity index (χ1v) is 8.07. The van der Waals surface area contributed by atoms with Gasteiger partial charge in [-0.1, -0.05) is 30.3 Å². The van der Waals surface area contributed by atoms with Crippen LogP contribution in [0, 0.1) is 5.92 Å². The number of likely N-dealkylation sites (tertiary alicyclic amines) is 1. The fraction of sp³-hybridized carbons (Fsp3) is 0.588. The van der Waals surface area contributed by atoms with Gasteiger partial charge < -0.3 is 20.3 Å². The van der Waals surface area contributed by atoms with Gasteiger partial charge in [-0.2, -0.15) is 0 Å². The minimum atomic E-state index is -0.450. The topological polar surface area (TPSA) is 82.0 Å². The zero-order chi connectivity index (χ0) is 16.7. The van der Waals surface area contributed by atoms with E-state index in [1.807, 2.05) is 30.3 Å². The van der Waals surface area contributed by atoms with Gasteiger partial charge in [0, 0.05) is 25.7 Å². The summed E-state index contributed by atoms with van der Waals surface area (Å²) in [4.78, 5) is 14.0. The average molecular weight is 322 g/mol. The van der Waals surface area contributed by atoms with Crippen molar-refractivity contribution >= 4 is 6.09 Å². The van der Waals surface area contributed by atoms with Crippen LogP contribution in [-0.2, 0) is 11.3 Å². The molecule has 6 nitrogen and oxygen atoms in total. The molecule has 1 aromatic rings. The number of β-amino-alcohol motifs (C(OH)–C–C–N with tert-alkyl or cyclic N) is 1. The molecule has 1 saturated heterocycles. The molecule has 0 bridgehead atoms. The minimum Gasteiger partial charge on any atom is -0.445 e. The normalized spacial score (nSPS) is 23.3. The Kier molecular flexibility index (Phi) is 6.83. The summed E-state index contributed by atoms with van der Waals surface area (Å²) in [6, 6.07) is 9.44. The molecule has 23 heavy (non-hydrogen) atoms. The molecular formula is C17H26N2O4. The number of alkyl carbamates (subject to hydrolysis) is 1. The first kappa shape index (κ1) is 17.7. The Balaban J connectivity index is 1.83. The highest BCUT2D eigenvalue weighted by Gasteiger charge is 2.30. The van der Waals surface area contributed by atoms with Crippen LogP contribution in [0.1, 0.15) is 18.9 Å². The summed E-state index contributed by atoms with van der Waals surface area (Å²) < 4.78 is 5.24. The molecule has 0 radical (unpaired) electrons. The summed E-state index contributed by atoms with van der Waals surface area (Å²) in [6.45, 7) is 4.00. The van der Waals surface area contributed by atoms with Crippen molar-refractivity contribution in [2.24, 2.45) is 5.92 Å². The molecule has 0 aromatic heterocycles. The number of hydrogen-bond acceptors (Lipinski definition) is 5. The van der Waals surface area contributed by atoms with Crippen LogP contribution in [0.2, 0.25) is 0 Å². The predicted molar refractivity (Wildman–Crippen MR) is 86.9 cm³/mol. The number of amides is 1. The van der Waals surface area contributed by atoms with Crippen LogP contribution in [-0.4, -0.2) is 59.6 Å². The maximum absolute atomic E-state index is 12.0. The maximum Gasteiger partial charge on any atom is 0.407 e. The van der Waals surface area contributed by atoms with Crippen molar-refractivity contribution in [2.45, 2.75) is 32.1 Å². The lowest BCUT2D eigenvalue weighted by atomic mass is 9.90. The molecule has 2 rings (SSSR count). The Hall–Kier alpha value is -1.63. The SMILES string of the molecule is CC(O)C1CC(NC(=O)OCc2ccccc2)CN(CCO)C1. The van der Waals surface area contributed by atoms with E-state index in [-0.39, 0.29) is 25.2 Å². The van der Waals surface area contributed by atoms with E-state index in [0.717, 1.165) is 12.1 Å². The van der Waals surface area contributed by atoms with Crippen LogP contribution in [0.5, 0.6) is 0 Å². The van der Waals surface area contributed by atoms with Crippen LogP contribution in [0.4, 0.5) is 4.79 Å². The Bertz CT molecular complexity index is 481. The summed E-state index contributed by atoms with van der Waals surface area (Å²) in [5.41, 5.74) is 0.940. The Labute approximate surface area is 137 Å². The van der Waals surface area contributed by atoms with E-state index in [1.54, 1.807) is 6.92 Å². The zero-order valence-corrected chi connectivity index (χ0v) is 13.5. The van der Waals surface area contributed by atoms with E-state index in [9.17, 15) is 9.90 Å². The van der Waals surface area contributed by atoms with Gasteiger partial charge in [0.2, 0.25) is 0 Å². The molecule has 6 heteroatoms. The van der Waals surface area contributed by atoms with Crippen LogP contribution < -0.4 is 5.32 Å². The number of piperidine rings is 1. The number of rotatable bonds is 6. The molecule has 3 atom stereocenters. The molecule has 0 spiro atoms. The summed E-state index contributed by atoms with van der Waals surface area (Å²) in [5.74, 6) is 0.0784. The average Bonchev–Trinajstić information content (AvgIpc) is 2.54. The second-order valence-corrected chi connectivity index (χ2v) is 6.12. The largest absolute Gasteiger partial charge is 0.445 e. The van der Waals surface area contributed by atoms with Crippen molar-refractivity contribution in [3.8, 4) is 0 Å². The van der Waals surface area contributed by atoms with Gasteiger partial charge in [0.1, 0.15) is 6.61 Å². The van der Waals surface area contributed by atoms with Crippen molar-refractivity contribution < 1.29 is 19.7 Å². The van der Waals surface area contributed by atoms with E-state index in [2.05, 4.69) is 10.2 Å². The molecule has 0 saturated carbocycles. The Morgan fingerprint density at radius 3 is 2.78 bits per heavy atom. The first-order valence-electron chi connectivity index (χ1n) is 8.07. The number of carbonyl (C=O) groups is 1. The maximum atomic E-state index is 12.0. The van der Waals surface area contributed by atoms with E-state index in [0.29, 0.717) is 19.5 Å². The highest BCUT2D eigenvalue weighted by Crippen LogP contribution is 2.20. The van der Waals surface area contributed by atoms with E-state index < -0.39 is 12.2 Å². The molecule has 0 aliphatic carbocycles. The summed E-state index contributed by atoms with van der Waals surface area (Å²) in [5, 5.41) is 21.8. The molecule has 1 aromatic carbocycles. The third-order valence-corrected chi connectivity index (χ3v) is 4.19. The molecule has 1 aliphatic rings. The predicted octanol–water partition coefficient (Wildman–Crippen LogP) is 0.976. The van der Waals surface area contributed by atoms with Crippen molar-refractivity contribution in [1.29, 1.82) is 0 Å². The molecule has 1 fully saturated rings. The lowest BCUT2D eigenvalue weighted by molar-refractivity contribution is 0.0393. The summed E-state index contributed by atoms with van der Waals surface area (Å²) in [6.07, 6.45) is -0.185. The van der Waals surface area contributed by atoms with Gasteiger partial charge >= 0.3 is 6.09 Å². The number of nitrogens with one attached hydrogen (secondary N) is 1. The highest BCUT2D eigenvalue weighted by molar-refractivity contribution is 5.67. The molecule has 1 heterocycles. The number of nitrogens with zero attached hydrogens (tertiary/aromatic N) is 1. The molecule has 3 unspecified atom stereocenters. The fourth-order valence-electron chi connectivity index (χ4n) is 2.94. The van der Waals surface area contributed by atoms with Gasteiger partial charge in [-0.3, -0.25) is 4.90 Å². The van der Waals surface area contributed by atoms with Crippen molar-refractivity contribution in [1.82, 2.24) is 10.2 Å². The summed E-state index contributed by atoms with van der Waals surface area (Å²) in [7, 11) is 0. The lowest BCUT2D eigenvalue weighted by Crippen LogP contribution is -2.53. The second kappa shape index (κ2) is 8.86. The van der Waals surface area contributed by atoms with Gasteiger partial charge in [0.15, 0.2) is 0 Å². The zero-order valence-electron chi connectivity index (χ0n) is 13.5. The number of carbonyl (C=O) groups excluding carboxylic acids is 1. The second-order valence-electron chi connectivity index (χ2n) is 6.12. The smallest absolute Gasteiger partial charge is 0.407 e. The number of ether oxygens (including phenoxy) is 1. The van der Waals surface area contributed by atoms with Gasteiger partial charge in [-0.05, 0) is 24.8 Å². The Morgan fingerprint density at radius 1 is 1.39 bits per heavy atom. The summed E-state index contributed by atoms with van der Waals surface area (Å²) >= 11 is 0. The number of benzene rings is 1. The lowest BCUT2D eigenvalue weighted by Gasteiger charge is -2.38. The molecule has 1 aliphatic heterocycles. The Morgan fingerprint density at radius 2 is 2.13 bits per heavy atom. The van der Waals surface area contributed by atoms with Crippen LogP contribution in [0.3, 0.4) is 0 Å². The van der Waals surface area contributed by atoms with Gasteiger partial charge in [-0.15, -0.1) is 0 Å². The van der Waals surface area contributed by atoms with Crippen LogP contribution in [0.15, 0.2) is 30.3 Å². The van der Waals surface area contributed by atoms with Crippen LogP contribution >= 0.6 is 0 Å². The van der Waals surface area contributed by atoms with E-state index in [4.69, 9.17) is 9.84 Å². The van der Waals surface area contributed by atoms with Crippen molar-refractivity contribution in [2.75, 3.05) is 26.2 Å². The van der Waals surface area contributed by atoms with Crippen LogP contribution in [0.25, 0.3) is 0 Å². The number of hydrogen-bond donors (Lipinski definition) is 3. The molecule has 3 N–H and O–H groups in total.